The van der Waals surface area contributed by atoms with Gasteiger partial charge in [-0.25, -0.2) is 5.01 Å². The molecule has 0 fully saturated rings. The molecule has 0 saturated carbocycles. The van der Waals surface area contributed by atoms with Gasteiger partial charge in [0.25, 0.3) is 11.8 Å². The Bertz CT molecular complexity index is 1100. The fourth-order valence-corrected chi connectivity index (χ4v) is 3.44. The van der Waals surface area contributed by atoms with Gasteiger partial charge in [-0.15, -0.1) is 10.2 Å². The highest BCUT2D eigenvalue weighted by Crippen LogP contribution is 2.31. The summed E-state index contributed by atoms with van der Waals surface area (Å²) in [4.78, 5) is 13.0. The molecular weight excluding hydrogens is 410 g/mol. The summed E-state index contributed by atoms with van der Waals surface area (Å²) in [5, 5.41) is 10.4. The smallest absolute Gasteiger partial charge is 0.314 e. The summed E-state index contributed by atoms with van der Waals surface area (Å²) in [6, 6.07) is 10.5. The van der Waals surface area contributed by atoms with Crippen molar-refractivity contribution in [2.24, 2.45) is 0 Å². The van der Waals surface area contributed by atoms with Crippen LogP contribution in [-0.2, 0) is 13.1 Å². The highest BCUT2D eigenvalue weighted by molar-refractivity contribution is 5.99. The highest BCUT2D eigenvalue weighted by Gasteiger charge is 2.31. The second-order valence-electron chi connectivity index (χ2n) is 7.02. The van der Waals surface area contributed by atoms with Crippen LogP contribution in [0.4, 0.5) is 8.78 Å². The number of nitrogens with zero attached hydrogens (tertiary/aromatic N) is 4. The average Bonchev–Trinajstić information content (AvgIpc) is 3.38. The molecule has 0 aliphatic carbocycles. The van der Waals surface area contributed by atoms with Crippen molar-refractivity contribution in [2.45, 2.75) is 19.5 Å². The molecule has 162 valence electrons. The Balaban J connectivity index is 1.53. The number of carbonyl (C=O) groups is 1. The van der Waals surface area contributed by atoms with E-state index in [1.165, 1.54) is 0 Å². The molecule has 0 bridgehead atoms. The van der Waals surface area contributed by atoms with Crippen LogP contribution in [0.5, 0.6) is 11.5 Å². The number of methoxy groups -OCH3 is 2. The van der Waals surface area contributed by atoms with Gasteiger partial charge in [0.05, 0.1) is 20.8 Å². The summed E-state index contributed by atoms with van der Waals surface area (Å²) in [5.41, 5.74) is 2.60. The summed E-state index contributed by atoms with van der Waals surface area (Å²) >= 11 is 0. The molecule has 0 saturated heterocycles. The van der Waals surface area contributed by atoms with Gasteiger partial charge in [0, 0.05) is 30.8 Å². The monoisotopic (exact) mass is 430 g/mol. The van der Waals surface area contributed by atoms with E-state index in [-0.39, 0.29) is 11.8 Å². The number of aromatic nitrogens is 2. The van der Waals surface area contributed by atoms with E-state index >= 15 is 0 Å². The maximum absolute atomic E-state index is 13.0. The van der Waals surface area contributed by atoms with Gasteiger partial charge in [-0.3, -0.25) is 9.80 Å². The number of alkyl halides is 2. The molecule has 3 aromatic rings. The predicted molar refractivity (Wildman–Crippen MR) is 106 cm³/mol. The third-order valence-electron chi connectivity index (χ3n) is 5.00. The number of rotatable bonds is 7. The minimum atomic E-state index is -2.85. The first kappa shape index (κ1) is 20.7. The number of fused-ring (bicyclic) bond motifs is 1. The van der Waals surface area contributed by atoms with E-state index in [0.29, 0.717) is 35.7 Å². The lowest BCUT2D eigenvalue weighted by atomic mass is 10.1. The highest BCUT2D eigenvalue weighted by atomic mass is 19.3. The Morgan fingerprint density at radius 3 is 2.45 bits per heavy atom. The van der Waals surface area contributed by atoms with Crippen molar-refractivity contribution < 1.29 is 27.5 Å². The van der Waals surface area contributed by atoms with Gasteiger partial charge >= 0.3 is 6.43 Å². The summed E-state index contributed by atoms with van der Waals surface area (Å²) in [7, 11) is 4.96. The van der Waals surface area contributed by atoms with E-state index < -0.39 is 12.3 Å². The summed E-state index contributed by atoms with van der Waals surface area (Å²) in [6.07, 6.45) is -2.85. The number of amides is 1. The summed E-state index contributed by atoms with van der Waals surface area (Å²) < 4.78 is 41.0. The number of benzene rings is 2. The lowest BCUT2D eigenvalue weighted by Crippen LogP contribution is -2.39. The minimum absolute atomic E-state index is 0.0545. The van der Waals surface area contributed by atoms with Crippen LogP contribution in [0, 0.1) is 0 Å². The van der Waals surface area contributed by atoms with Gasteiger partial charge in [0.2, 0.25) is 5.89 Å². The molecule has 1 amide bonds. The Morgan fingerprint density at radius 2 is 1.84 bits per heavy atom. The van der Waals surface area contributed by atoms with E-state index in [0.717, 1.165) is 11.1 Å². The zero-order valence-corrected chi connectivity index (χ0v) is 17.1. The fourth-order valence-electron chi connectivity index (χ4n) is 3.44. The van der Waals surface area contributed by atoms with Crippen LogP contribution < -0.4 is 9.47 Å². The van der Waals surface area contributed by atoms with Crippen molar-refractivity contribution in [2.75, 3.05) is 21.3 Å². The first-order valence-electron chi connectivity index (χ1n) is 9.39. The lowest BCUT2D eigenvalue weighted by Gasteiger charge is -2.28. The molecule has 1 aliphatic rings. The van der Waals surface area contributed by atoms with Crippen LogP contribution in [0.1, 0.15) is 33.8 Å². The number of carbonyl (C=O) groups excluding carboxylic acids is 1. The third-order valence-corrected chi connectivity index (χ3v) is 5.00. The predicted octanol–water partition coefficient (Wildman–Crippen LogP) is 3.69. The molecule has 1 aromatic heterocycles. The molecular formula is C21H20F2N4O4. The molecule has 0 N–H and O–H groups in total. The van der Waals surface area contributed by atoms with Gasteiger partial charge in [0.15, 0.2) is 0 Å². The number of hydrogen-bond acceptors (Lipinski definition) is 7. The number of hydrogen-bond donors (Lipinski definition) is 0. The average molecular weight is 430 g/mol. The Labute approximate surface area is 177 Å². The maximum atomic E-state index is 13.0. The Hall–Kier alpha value is -3.53. The first-order chi connectivity index (χ1) is 14.9. The molecule has 0 unspecified atom stereocenters. The molecule has 0 spiro atoms. The van der Waals surface area contributed by atoms with E-state index in [9.17, 15) is 13.6 Å². The molecule has 8 nitrogen and oxygen atoms in total. The van der Waals surface area contributed by atoms with Gasteiger partial charge in [0.1, 0.15) is 11.5 Å². The van der Waals surface area contributed by atoms with E-state index in [1.807, 2.05) is 19.2 Å². The van der Waals surface area contributed by atoms with Crippen LogP contribution in [0.25, 0.3) is 11.5 Å². The summed E-state index contributed by atoms with van der Waals surface area (Å²) in [5.74, 6) is 0.304. The standard InChI is InChI=1S/C21H20F2N4O4/c1-26(10-12-6-15(29-2)9-16(7-12)30-3)27-11-14-5-4-13(8-17(14)21(27)28)19-24-25-20(31-19)18(22)23/h4-9,18H,10-11H2,1-3H3. The second kappa shape index (κ2) is 8.31. The Kier molecular flexibility index (Phi) is 5.55. The molecule has 0 atom stereocenters. The van der Waals surface area contributed by atoms with Crippen molar-refractivity contribution in [3.63, 3.8) is 0 Å². The van der Waals surface area contributed by atoms with Crippen molar-refractivity contribution in [3.05, 3.63) is 59.0 Å². The zero-order valence-electron chi connectivity index (χ0n) is 17.1. The normalized spacial score (nSPS) is 13.3. The van der Waals surface area contributed by atoms with Gasteiger partial charge in [-0.1, -0.05) is 6.07 Å². The maximum Gasteiger partial charge on any atom is 0.314 e. The van der Waals surface area contributed by atoms with Crippen LogP contribution in [0.15, 0.2) is 40.8 Å². The molecule has 31 heavy (non-hydrogen) atoms. The summed E-state index contributed by atoms with van der Waals surface area (Å²) in [6.45, 7) is 0.833. The van der Waals surface area contributed by atoms with Crippen LogP contribution in [-0.4, -0.2) is 47.4 Å². The quantitative estimate of drug-likeness (QED) is 0.565. The van der Waals surface area contributed by atoms with Crippen LogP contribution in [0.2, 0.25) is 0 Å². The van der Waals surface area contributed by atoms with Crippen molar-refractivity contribution in [1.82, 2.24) is 20.2 Å². The largest absolute Gasteiger partial charge is 0.497 e. The molecule has 4 rings (SSSR count). The fraction of sp³-hybridized carbons (Fsp3) is 0.286. The van der Waals surface area contributed by atoms with Gasteiger partial charge < -0.3 is 13.9 Å². The number of ether oxygens (including phenoxy) is 2. The van der Waals surface area contributed by atoms with Crippen molar-refractivity contribution >= 4 is 5.91 Å². The Morgan fingerprint density at radius 1 is 1.13 bits per heavy atom. The SMILES string of the molecule is COc1cc(CN(C)N2Cc3ccc(-c4nnc(C(F)F)o4)cc3C2=O)cc(OC)c1. The van der Waals surface area contributed by atoms with E-state index in [4.69, 9.17) is 13.9 Å². The molecule has 2 heterocycles. The van der Waals surface area contributed by atoms with E-state index in [2.05, 4.69) is 10.2 Å². The van der Waals surface area contributed by atoms with Crippen molar-refractivity contribution in [3.8, 4) is 23.0 Å². The first-order valence-corrected chi connectivity index (χ1v) is 9.39. The van der Waals surface area contributed by atoms with Gasteiger partial charge in [-0.05, 0) is 35.4 Å². The van der Waals surface area contributed by atoms with Crippen molar-refractivity contribution in [1.29, 1.82) is 0 Å². The number of hydrazine groups is 1. The molecule has 1 aliphatic heterocycles. The second-order valence-corrected chi connectivity index (χ2v) is 7.02. The van der Waals surface area contributed by atoms with E-state index in [1.54, 1.807) is 48.5 Å². The topological polar surface area (TPSA) is 80.9 Å². The third kappa shape index (κ3) is 4.06. The zero-order chi connectivity index (χ0) is 22.1. The molecule has 2 aromatic carbocycles. The number of halogens is 2. The van der Waals surface area contributed by atoms with Gasteiger partial charge in [-0.2, -0.15) is 8.78 Å². The minimum Gasteiger partial charge on any atom is -0.497 e. The molecule has 10 heteroatoms. The molecule has 0 radical (unpaired) electrons. The van der Waals surface area contributed by atoms with Crippen LogP contribution >= 0.6 is 0 Å². The van der Waals surface area contributed by atoms with Crippen LogP contribution in [0.3, 0.4) is 0 Å². The lowest BCUT2D eigenvalue weighted by molar-refractivity contribution is 0.00268.